The summed E-state index contributed by atoms with van der Waals surface area (Å²) in [6, 6.07) is 3.80. The molecule has 2 rings (SSSR count). The van der Waals surface area contributed by atoms with Crippen molar-refractivity contribution < 1.29 is 22.7 Å². The maximum atomic E-state index is 13.6. The van der Waals surface area contributed by atoms with E-state index >= 15 is 0 Å². The topological polar surface area (TPSA) is 86.7 Å². The van der Waals surface area contributed by atoms with Gasteiger partial charge in [0.05, 0.1) is 10.9 Å². The third-order valence-corrected chi connectivity index (χ3v) is 5.06. The fourth-order valence-electron chi connectivity index (χ4n) is 2.15. The minimum absolute atomic E-state index is 0.0645. The van der Waals surface area contributed by atoms with Crippen LogP contribution >= 0.6 is 11.6 Å². The lowest BCUT2D eigenvalue weighted by Crippen LogP contribution is -2.44. The normalized spacial score (nSPS) is 20.2. The van der Waals surface area contributed by atoms with E-state index in [0.717, 1.165) is 10.4 Å². The van der Waals surface area contributed by atoms with Crippen LogP contribution in [0.4, 0.5) is 10.1 Å². The van der Waals surface area contributed by atoms with E-state index in [-0.39, 0.29) is 23.8 Å². The second-order valence-corrected chi connectivity index (χ2v) is 6.82. The van der Waals surface area contributed by atoms with Gasteiger partial charge in [0.15, 0.2) is 0 Å². The van der Waals surface area contributed by atoms with Gasteiger partial charge >= 0.3 is 16.2 Å². The van der Waals surface area contributed by atoms with E-state index in [2.05, 4.69) is 4.72 Å². The molecule has 6 nitrogen and oxygen atoms in total. The van der Waals surface area contributed by atoms with Gasteiger partial charge in [-0.2, -0.15) is 12.7 Å². The van der Waals surface area contributed by atoms with Crippen LogP contribution in [0.2, 0.25) is 5.02 Å². The lowest BCUT2D eigenvalue weighted by molar-refractivity contribution is -0.142. The molecule has 0 saturated carbocycles. The molecule has 1 atom stereocenters. The number of nitrogens with one attached hydrogen (secondary N) is 1. The second-order valence-electron chi connectivity index (χ2n) is 4.74. The first-order valence-electron chi connectivity index (χ1n) is 6.26. The van der Waals surface area contributed by atoms with Crippen LogP contribution in [-0.2, 0) is 15.0 Å². The molecular formula is C12H14ClFN2O4S. The number of anilines is 1. The number of piperidine rings is 1. The fraction of sp³-hybridized carbons (Fsp3) is 0.417. The van der Waals surface area contributed by atoms with Crippen LogP contribution in [0.25, 0.3) is 0 Å². The van der Waals surface area contributed by atoms with Gasteiger partial charge in [0.1, 0.15) is 11.5 Å². The molecule has 1 aliphatic rings. The highest BCUT2D eigenvalue weighted by molar-refractivity contribution is 7.90. The minimum Gasteiger partial charge on any atom is -0.481 e. The zero-order valence-corrected chi connectivity index (χ0v) is 12.5. The van der Waals surface area contributed by atoms with Gasteiger partial charge in [-0.05, 0) is 25.0 Å². The average Bonchev–Trinajstić information content (AvgIpc) is 2.43. The van der Waals surface area contributed by atoms with Gasteiger partial charge in [-0.25, -0.2) is 4.39 Å². The average molecular weight is 337 g/mol. The van der Waals surface area contributed by atoms with Gasteiger partial charge in [0.25, 0.3) is 0 Å². The van der Waals surface area contributed by atoms with Crippen LogP contribution in [0, 0.1) is 11.7 Å². The summed E-state index contributed by atoms with van der Waals surface area (Å²) >= 11 is 5.77. The minimum atomic E-state index is -4.05. The molecule has 116 valence electrons. The summed E-state index contributed by atoms with van der Waals surface area (Å²) in [5, 5.41) is 8.91. The summed E-state index contributed by atoms with van der Waals surface area (Å²) in [4.78, 5) is 11.0. The Morgan fingerprint density at radius 1 is 1.48 bits per heavy atom. The highest BCUT2D eigenvalue weighted by atomic mass is 35.5. The summed E-state index contributed by atoms with van der Waals surface area (Å²) in [7, 11) is -4.05. The van der Waals surface area contributed by atoms with Crippen molar-refractivity contribution in [2.75, 3.05) is 17.8 Å². The Morgan fingerprint density at radius 2 is 2.19 bits per heavy atom. The standard InChI is InChI=1S/C12H14ClFN2O4S/c13-9-4-1-5-10(14)11(9)15-21(19,20)16-6-2-3-8(7-16)12(17)18/h1,4-5,8,15H,2-3,6-7H2,(H,17,18). The second kappa shape index (κ2) is 6.17. The number of carboxylic acid groups (broad SMARTS) is 1. The molecule has 0 aromatic heterocycles. The zero-order chi connectivity index (χ0) is 15.6. The molecule has 0 aliphatic carbocycles. The Hall–Kier alpha value is -1.38. The maximum Gasteiger partial charge on any atom is 0.307 e. The molecule has 2 N–H and O–H groups in total. The molecule has 1 aliphatic heterocycles. The number of benzene rings is 1. The monoisotopic (exact) mass is 336 g/mol. The molecule has 1 aromatic rings. The van der Waals surface area contributed by atoms with Gasteiger partial charge in [0.2, 0.25) is 0 Å². The van der Waals surface area contributed by atoms with Crippen LogP contribution in [0.1, 0.15) is 12.8 Å². The lowest BCUT2D eigenvalue weighted by atomic mass is 10.0. The van der Waals surface area contributed by atoms with Crippen LogP contribution < -0.4 is 4.72 Å². The fourth-order valence-corrected chi connectivity index (χ4v) is 3.76. The van der Waals surface area contributed by atoms with E-state index in [9.17, 15) is 17.6 Å². The number of carbonyl (C=O) groups is 1. The van der Waals surface area contributed by atoms with Gasteiger partial charge in [0, 0.05) is 13.1 Å². The highest BCUT2D eigenvalue weighted by Gasteiger charge is 2.32. The smallest absolute Gasteiger partial charge is 0.307 e. The van der Waals surface area contributed by atoms with E-state index in [0.29, 0.717) is 12.8 Å². The predicted octanol–water partition coefficient (Wildman–Crippen LogP) is 1.93. The number of hydrogen-bond donors (Lipinski definition) is 2. The van der Waals surface area contributed by atoms with Crippen LogP contribution in [0.3, 0.4) is 0 Å². The molecule has 0 amide bonds. The summed E-state index contributed by atoms with van der Waals surface area (Å²) < 4.78 is 41.2. The third kappa shape index (κ3) is 3.63. The Balaban J connectivity index is 2.20. The van der Waals surface area contributed by atoms with Crippen LogP contribution in [0.5, 0.6) is 0 Å². The summed E-state index contributed by atoms with van der Waals surface area (Å²) in [5.41, 5.74) is -0.336. The quantitative estimate of drug-likeness (QED) is 0.879. The van der Waals surface area contributed by atoms with Crippen molar-refractivity contribution in [1.29, 1.82) is 0 Å². The molecule has 1 saturated heterocycles. The van der Waals surface area contributed by atoms with Crippen molar-refractivity contribution >= 4 is 33.5 Å². The predicted molar refractivity (Wildman–Crippen MR) is 75.9 cm³/mol. The Kier molecular flexibility index (Phi) is 4.70. The highest BCUT2D eigenvalue weighted by Crippen LogP contribution is 2.27. The van der Waals surface area contributed by atoms with Crippen molar-refractivity contribution in [3.05, 3.63) is 29.0 Å². The molecular weight excluding hydrogens is 323 g/mol. The van der Waals surface area contributed by atoms with Gasteiger partial charge in [-0.1, -0.05) is 17.7 Å². The molecule has 21 heavy (non-hydrogen) atoms. The zero-order valence-electron chi connectivity index (χ0n) is 10.9. The summed E-state index contributed by atoms with van der Waals surface area (Å²) in [6.07, 6.45) is 0.852. The molecule has 1 aromatic carbocycles. The van der Waals surface area contributed by atoms with Crippen molar-refractivity contribution in [1.82, 2.24) is 4.31 Å². The van der Waals surface area contributed by atoms with Gasteiger partial charge in [-0.3, -0.25) is 9.52 Å². The number of halogens is 2. The Bertz CT molecular complexity index is 632. The third-order valence-electron chi connectivity index (χ3n) is 3.27. The molecule has 0 bridgehead atoms. The Morgan fingerprint density at radius 3 is 2.81 bits per heavy atom. The number of para-hydroxylation sites is 1. The number of nitrogens with zero attached hydrogens (tertiary/aromatic N) is 1. The van der Waals surface area contributed by atoms with E-state index in [1.807, 2.05) is 0 Å². The van der Waals surface area contributed by atoms with E-state index in [1.165, 1.54) is 12.1 Å². The van der Waals surface area contributed by atoms with Crippen molar-refractivity contribution in [2.24, 2.45) is 5.92 Å². The lowest BCUT2D eigenvalue weighted by Gasteiger charge is -2.30. The Labute approximate surface area is 126 Å². The molecule has 1 fully saturated rings. The first kappa shape index (κ1) is 16.0. The number of rotatable bonds is 4. The molecule has 1 heterocycles. The van der Waals surface area contributed by atoms with E-state index in [4.69, 9.17) is 16.7 Å². The van der Waals surface area contributed by atoms with Gasteiger partial charge < -0.3 is 5.11 Å². The van der Waals surface area contributed by atoms with Crippen molar-refractivity contribution in [3.8, 4) is 0 Å². The number of carboxylic acids is 1. The first-order valence-corrected chi connectivity index (χ1v) is 8.08. The molecule has 1 unspecified atom stereocenters. The van der Waals surface area contributed by atoms with Crippen molar-refractivity contribution in [3.63, 3.8) is 0 Å². The van der Waals surface area contributed by atoms with E-state index in [1.54, 1.807) is 0 Å². The molecule has 9 heteroatoms. The van der Waals surface area contributed by atoms with Crippen molar-refractivity contribution in [2.45, 2.75) is 12.8 Å². The largest absolute Gasteiger partial charge is 0.481 e. The number of hydrogen-bond acceptors (Lipinski definition) is 3. The number of aliphatic carboxylic acids is 1. The maximum absolute atomic E-state index is 13.6. The molecule has 0 radical (unpaired) electrons. The van der Waals surface area contributed by atoms with E-state index < -0.39 is 27.9 Å². The molecule has 0 spiro atoms. The van der Waals surface area contributed by atoms with Crippen LogP contribution in [-0.4, -0.2) is 36.9 Å². The first-order chi connectivity index (χ1) is 9.81. The van der Waals surface area contributed by atoms with Gasteiger partial charge in [-0.15, -0.1) is 0 Å². The van der Waals surface area contributed by atoms with Crippen LogP contribution in [0.15, 0.2) is 18.2 Å². The SMILES string of the molecule is O=C(O)C1CCCN(S(=O)(=O)Nc2c(F)cccc2Cl)C1. The summed E-state index contributed by atoms with van der Waals surface area (Å²) in [5.74, 6) is -2.59. The summed E-state index contributed by atoms with van der Waals surface area (Å²) in [6.45, 7) is 0.0436.